The monoisotopic (exact) mass is 233 g/mol. The molecule has 2 rings (SSSR count). The maximum absolute atomic E-state index is 12.2. The fourth-order valence-corrected chi connectivity index (χ4v) is 2.24. The van der Waals surface area contributed by atoms with Crippen LogP contribution in [0.2, 0.25) is 0 Å². The van der Waals surface area contributed by atoms with Gasteiger partial charge < -0.3 is 10.2 Å². The molecule has 1 fully saturated rings. The van der Waals surface area contributed by atoms with Gasteiger partial charge in [-0.05, 0) is 30.9 Å². The van der Waals surface area contributed by atoms with Gasteiger partial charge in [0.05, 0.1) is 0 Å². The maximum atomic E-state index is 12.2. The van der Waals surface area contributed by atoms with E-state index in [1.54, 1.807) is 6.20 Å². The first-order valence-corrected chi connectivity index (χ1v) is 6.14. The standard InChI is InChI=1S/C13H19N3O/c1-10-4-3-7-16(9-10)13(17)12-8-11(14-2)5-6-15-12/h5-6,8,10H,3-4,7,9H2,1-2H3,(H,14,15). The molecule has 0 aromatic carbocycles. The number of hydrogen-bond acceptors (Lipinski definition) is 3. The number of anilines is 1. The van der Waals surface area contributed by atoms with Crippen molar-refractivity contribution in [3.05, 3.63) is 24.0 Å². The summed E-state index contributed by atoms with van der Waals surface area (Å²) >= 11 is 0. The Morgan fingerprint density at radius 3 is 3.12 bits per heavy atom. The van der Waals surface area contributed by atoms with Crippen molar-refractivity contribution in [3.63, 3.8) is 0 Å². The fourth-order valence-electron chi connectivity index (χ4n) is 2.24. The first kappa shape index (κ1) is 11.9. The number of likely N-dealkylation sites (tertiary alicyclic amines) is 1. The molecular formula is C13H19N3O. The summed E-state index contributed by atoms with van der Waals surface area (Å²) in [5, 5.41) is 3.02. The number of amides is 1. The van der Waals surface area contributed by atoms with E-state index in [0.29, 0.717) is 11.6 Å². The van der Waals surface area contributed by atoms with Gasteiger partial charge in [-0.25, -0.2) is 0 Å². The second kappa shape index (κ2) is 5.17. The highest BCUT2D eigenvalue weighted by molar-refractivity contribution is 5.93. The quantitative estimate of drug-likeness (QED) is 0.849. The van der Waals surface area contributed by atoms with Crippen LogP contribution in [0.25, 0.3) is 0 Å². The third kappa shape index (κ3) is 2.75. The van der Waals surface area contributed by atoms with Gasteiger partial charge in [-0.2, -0.15) is 0 Å². The molecular weight excluding hydrogens is 214 g/mol. The van der Waals surface area contributed by atoms with Gasteiger partial charge in [-0.1, -0.05) is 6.92 Å². The van der Waals surface area contributed by atoms with E-state index in [2.05, 4.69) is 17.2 Å². The Morgan fingerprint density at radius 1 is 1.59 bits per heavy atom. The SMILES string of the molecule is CNc1ccnc(C(=O)N2CCCC(C)C2)c1. The summed E-state index contributed by atoms with van der Waals surface area (Å²) in [5.74, 6) is 0.647. The molecule has 1 aromatic rings. The number of aromatic nitrogens is 1. The number of carbonyl (C=O) groups excluding carboxylic acids is 1. The highest BCUT2D eigenvalue weighted by Gasteiger charge is 2.22. The van der Waals surface area contributed by atoms with Gasteiger partial charge in [-0.15, -0.1) is 0 Å². The Kier molecular flexibility index (Phi) is 3.61. The third-order valence-corrected chi connectivity index (χ3v) is 3.21. The largest absolute Gasteiger partial charge is 0.388 e. The summed E-state index contributed by atoms with van der Waals surface area (Å²) in [6, 6.07) is 3.66. The molecule has 0 radical (unpaired) electrons. The number of rotatable bonds is 2. The minimum Gasteiger partial charge on any atom is -0.388 e. The zero-order chi connectivity index (χ0) is 12.3. The molecule has 0 spiro atoms. The minimum absolute atomic E-state index is 0.0497. The van der Waals surface area contributed by atoms with Gasteiger partial charge in [0.2, 0.25) is 0 Å². The fraction of sp³-hybridized carbons (Fsp3) is 0.538. The highest BCUT2D eigenvalue weighted by Crippen LogP contribution is 2.18. The molecule has 1 N–H and O–H groups in total. The molecule has 17 heavy (non-hydrogen) atoms. The third-order valence-electron chi connectivity index (χ3n) is 3.21. The molecule has 1 unspecified atom stereocenters. The van der Waals surface area contributed by atoms with Crippen LogP contribution in [-0.2, 0) is 0 Å². The van der Waals surface area contributed by atoms with E-state index >= 15 is 0 Å². The molecule has 1 aliphatic rings. The Hall–Kier alpha value is -1.58. The van der Waals surface area contributed by atoms with Crippen LogP contribution < -0.4 is 5.32 Å². The van der Waals surface area contributed by atoms with Gasteiger partial charge in [-0.3, -0.25) is 9.78 Å². The number of nitrogens with one attached hydrogen (secondary N) is 1. The average molecular weight is 233 g/mol. The van der Waals surface area contributed by atoms with Crippen LogP contribution in [0.1, 0.15) is 30.3 Å². The molecule has 1 saturated heterocycles. The first-order chi connectivity index (χ1) is 8.20. The lowest BCUT2D eigenvalue weighted by atomic mass is 10.00. The summed E-state index contributed by atoms with van der Waals surface area (Å²) in [6.45, 7) is 3.90. The number of nitrogens with zero attached hydrogens (tertiary/aromatic N) is 2. The van der Waals surface area contributed by atoms with Crippen LogP contribution >= 0.6 is 0 Å². The van der Waals surface area contributed by atoms with Crippen molar-refractivity contribution in [1.29, 1.82) is 0 Å². The van der Waals surface area contributed by atoms with Crippen molar-refractivity contribution in [2.45, 2.75) is 19.8 Å². The van der Waals surface area contributed by atoms with Crippen molar-refractivity contribution in [1.82, 2.24) is 9.88 Å². The Morgan fingerprint density at radius 2 is 2.41 bits per heavy atom. The topological polar surface area (TPSA) is 45.2 Å². The van der Waals surface area contributed by atoms with E-state index in [9.17, 15) is 4.79 Å². The predicted octanol–water partition coefficient (Wildman–Crippen LogP) is 2.00. The smallest absolute Gasteiger partial charge is 0.272 e. The van der Waals surface area contributed by atoms with E-state index in [1.165, 1.54) is 6.42 Å². The normalized spacial score (nSPS) is 20.1. The lowest BCUT2D eigenvalue weighted by Gasteiger charge is -2.30. The van der Waals surface area contributed by atoms with E-state index in [-0.39, 0.29) is 5.91 Å². The molecule has 0 saturated carbocycles. The Labute approximate surface area is 102 Å². The van der Waals surface area contributed by atoms with Crippen LogP contribution in [0, 0.1) is 5.92 Å². The van der Waals surface area contributed by atoms with E-state index < -0.39 is 0 Å². The van der Waals surface area contributed by atoms with Gasteiger partial charge in [0.15, 0.2) is 0 Å². The lowest BCUT2D eigenvalue weighted by Crippen LogP contribution is -2.39. The van der Waals surface area contributed by atoms with Crippen molar-refractivity contribution in [3.8, 4) is 0 Å². The van der Waals surface area contributed by atoms with Crippen molar-refractivity contribution < 1.29 is 4.79 Å². The summed E-state index contributed by atoms with van der Waals surface area (Å²) in [5.41, 5.74) is 1.46. The number of pyridine rings is 1. The Balaban J connectivity index is 2.12. The highest BCUT2D eigenvalue weighted by atomic mass is 16.2. The van der Waals surface area contributed by atoms with Crippen molar-refractivity contribution in [2.75, 3.05) is 25.5 Å². The van der Waals surface area contributed by atoms with Crippen LogP contribution in [0.4, 0.5) is 5.69 Å². The van der Waals surface area contributed by atoms with Crippen molar-refractivity contribution >= 4 is 11.6 Å². The molecule has 0 aliphatic carbocycles. The molecule has 1 atom stereocenters. The molecule has 92 valence electrons. The van der Waals surface area contributed by atoms with Gasteiger partial charge in [0, 0.05) is 32.0 Å². The number of carbonyl (C=O) groups is 1. The second-order valence-electron chi connectivity index (χ2n) is 4.68. The van der Waals surface area contributed by atoms with Crippen molar-refractivity contribution in [2.24, 2.45) is 5.92 Å². The second-order valence-corrected chi connectivity index (χ2v) is 4.68. The van der Waals surface area contributed by atoms with Gasteiger partial charge in [0.25, 0.3) is 5.91 Å². The summed E-state index contributed by atoms with van der Waals surface area (Å²) in [4.78, 5) is 18.3. The predicted molar refractivity (Wildman–Crippen MR) is 68.1 cm³/mol. The summed E-state index contributed by atoms with van der Waals surface area (Å²) < 4.78 is 0. The molecule has 1 aromatic heterocycles. The molecule has 4 nitrogen and oxygen atoms in total. The van der Waals surface area contributed by atoms with Gasteiger partial charge >= 0.3 is 0 Å². The van der Waals surface area contributed by atoms with Crippen LogP contribution in [0.15, 0.2) is 18.3 Å². The maximum Gasteiger partial charge on any atom is 0.272 e. The van der Waals surface area contributed by atoms with Crippen LogP contribution in [-0.4, -0.2) is 35.9 Å². The summed E-state index contributed by atoms with van der Waals surface area (Å²) in [7, 11) is 1.84. The average Bonchev–Trinajstić information content (AvgIpc) is 2.38. The molecule has 4 heteroatoms. The van der Waals surface area contributed by atoms with Crippen LogP contribution in [0.5, 0.6) is 0 Å². The van der Waals surface area contributed by atoms with Crippen LogP contribution in [0.3, 0.4) is 0 Å². The molecule has 1 amide bonds. The molecule has 1 aliphatic heterocycles. The first-order valence-electron chi connectivity index (χ1n) is 6.14. The van der Waals surface area contributed by atoms with Gasteiger partial charge in [0.1, 0.15) is 5.69 Å². The minimum atomic E-state index is 0.0497. The van der Waals surface area contributed by atoms with E-state index in [1.807, 2.05) is 24.1 Å². The van der Waals surface area contributed by atoms with E-state index in [0.717, 1.165) is 25.2 Å². The zero-order valence-corrected chi connectivity index (χ0v) is 10.4. The number of piperidine rings is 1. The Bertz CT molecular complexity index is 405. The molecule has 2 heterocycles. The lowest BCUT2D eigenvalue weighted by molar-refractivity contribution is 0.0677. The summed E-state index contributed by atoms with van der Waals surface area (Å²) in [6.07, 6.45) is 3.98. The molecule has 0 bridgehead atoms. The zero-order valence-electron chi connectivity index (χ0n) is 10.4. The van der Waals surface area contributed by atoms with E-state index in [4.69, 9.17) is 0 Å². The number of hydrogen-bond donors (Lipinski definition) is 1.